The van der Waals surface area contributed by atoms with Crippen LogP contribution in [0.25, 0.3) is 22.3 Å². The zero-order valence-electron chi connectivity index (χ0n) is 11.3. The van der Waals surface area contributed by atoms with E-state index < -0.39 is 39.9 Å². The summed E-state index contributed by atoms with van der Waals surface area (Å²) in [5.41, 5.74) is -0.975. The minimum Gasteiger partial charge on any atom is -0.504 e. The van der Waals surface area contributed by atoms with E-state index in [1.165, 1.54) is 0 Å². The molecule has 8 heteroatoms. The highest BCUT2D eigenvalue weighted by Gasteiger charge is 2.18. The zero-order valence-corrected chi connectivity index (χ0v) is 11.3. The van der Waals surface area contributed by atoms with Gasteiger partial charge in [-0.15, -0.1) is 0 Å². The highest BCUT2D eigenvalue weighted by molar-refractivity contribution is 5.88. The molecule has 118 valence electrons. The number of fused-ring (bicyclic) bond motifs is 1. The Hall–Kier alpha value is -3.55. The summed E-state index contributed by atoms with van der Waals surface area (Å²) in [6.07, 6.45) is 0. The van der Waals surface area contributed by atoms with Crippen molar-refractivity contribution in [3.63, 3.8) is 0 Å². The van der Waals surface area contributed by atoms with Crippen molar-refractivity contribution in [3.05, 3.63) is 34.5 Å². The molecule has 2 aromatic carbocycles. The average Bonchev–Trinajstić information content (AvgIpc) is 2.51. The number of benzene rings is 2. The van der Waals surface area contributed by atoms with Crippen LogP contribution in [0.15, 0.2) is 33.5 Å². The van der Waals surface area contributed by atoms with Crippen LogP contribution >= 0.6 is 0 Å². The predicted molar refractivity (Wildman–Crippen MR) is 77.9 cm³/mol. The van der Waals surface area contributed by atoms with Crippen molar-refractivity contribution in [3.8, 4) is 45.8 Å². The third kappa shape index (κ3) is 2.13. The molecular formula is C15H10O8. The van der Waals surface area contributed by atoms with Crippen molar-refractivity contribution in [1.29, 1.82) is 0 Å². The topological polar surface area (TPSA) is 152 Å². The Bertz CT molecular complexity index is 980. The van der Waals surface area contributed by atoms with Gasteiger partial charge in [0.25, 0.3) is 0 Å². The Morgan fingerprint density at radius 3 is 1.87 bits per heavy atom. The van der Waals surface area contributed by atoms with Crippen LogP contribution in [-0.4, -0.2) is 30.6 Å². The van der Waals surface area contributed by atoms with Gasteiger partial charge in [-0.25, -0.2) is 0 Å². The highest BCUT2D eigenvalue weighted by Crippen LogP contribution is 2.43. The molecule has 23 heavy (non-hydrogen) atoms. The second-order valence-electron chi connectivity index (χ2n) is 4.81. The minimum atomic E-state index is -0.853. The van der Waals surface area contributed by atoms with E-state index in [-0.39, 0.29) is 22.3 Å². The molecular weight excluding hydrogens is 308 g/mol. The van der Waals surface area contributed by atoms with Crippen molar-refractivity contribution in [2.75, 3.05) is 0 Å². The number of phenols is 6. The summed E-state index contributed by atoms with van der Waals surface area (Å²) in [6.45, 7) is 0. The first kappa shape index (κ1) is 14.4. The monoisotopic (exact) mass is 318 g/mol. The normalized spacial score (nSPS) is 11.0. The molecule has 0 atom stereocenters. The van der Waals surface area contributed by atoms with Crippen LogP contribution in [0.1, 0.15) is 0 Å². The second-order valence-corrected chi connectivity index (χ2v) is 4.81. The molecule has 6 N–H and O–H groups in total. The fraction of sp³-hybridized carbons (Fsp3) is 0. The molecule has 1 heterocycles. The van der Waals surface area contributed by atoms with E-state index in [9.17, 15) is 35.4 Å². The highest BCUT2D eigenvalue weighted by atomic mass is 16.4. The number of rotatable bonds is 1. The van der Waals surface area contributed by atoms with Gasteiger partial charge in [0.1, 0.15) is 5.76 Å². The van der Waals surface area contributed by atoms with E-state index in [0.717, 1.165) is 24.3 Å². The number of hydrogen-bond acceptors (Lipinski definition) is 8. The summed E-state index contributed by atoms with van der Waals surface area (Å²) in [5.74, 6) is -4.52. The lowest BCUT2D eigenvalue weighted by Crippen LogP contribution is -2.00. The summed E-state index contributed by atoms with van der Waals surface area (Å²) in [5, 5.41) is 56.9. The van der Waals surface area contributed by atoms with E-state index in [1.807, 2.05) is 0 Å². The smallest absolute Gasteiger partial charge is 0.205 e. The van der Waals surface area contributed by atoms with Gasteiger partial charge in [0.15, 0.2) is 34.0 Å². The van der Waals surface area contributed by atoms with Gasteiger partial charge in [-0.3, -0.25) is 4.79 Å². The predicted octanol–water partition coefficient (Wildman–Crippen LogP) is 1.69. The molecule has 0 aliphatic heterocycles. The zero-order chi connectivity index (χ0) is 16.9. The molecule has 8 nitrogen and oxygen atoms in total. The molecule has 0 saturated heterocycles. The molecule has 0 bridgehead atoms. The summed E-state index contributed by atoms with van der Waals surface area (Å²) in [6, 6.07) is 4.02. The molecule has 3 rings (SSSR count). The quantitative estimate of drug-likeness (QED) is 0.371. The molecule has 0 fully saturated rings. The minimum absolute atomic E-state index is 0.0452. The fourth-order valence-electron chi connectivity index (χ4n) is 2.14. The van der Waals surface area contributed by atoms with Gasteiger partial charge in [-0.1, -0.05) is 0 Å². The summed E-state index contributed by atoms with van der Waals surface area (Å²) in [4.78, 5) is 12.1. The van der Waals surface area contributed by atoms with Gasteiger partial charge in [0, 0.05) is 11.6 Å². The van der Waals surface area contributed by atoms with Crippen molar-refractivity contribution < 1.29 is 35.1 Å². The Labute approximate surface area is 127 Å². The third-order valence-electron chi connectivity index (χ3n) is 3.30. The first-order valence-corrected chi connectivity index (χ1v) is 6.26. The summed E-state index contributed by atoms with van der Waals surface area (Å²) >= 11 is 0. The van der Waals surface area contributed by atoms with Crippen molar-refractivity contribution in [1.82, 2.24) is 0 Å². The third-order valence-corrected chi connectivity index (χ3v) is 3.30. The molecule has 0 aliphatic carbocycles. The molecule has 0 spiro atoms. The fourth-order valence-corrected chi connectivity index (χ4v) is 2.14. The Morgan fingerprint density at radius 1 is 0.696 bits per heavy atom. The van der Waals surface area contributed by atoms with Crippen LogP contribution in [-0.2, 0) is 0 Å². The second kappa shape index (κ2) is 4.73. The Morgan fingerprint density at radius 2 is 1.26 bits per heavy atom. The molecule has 0 amide bonds. The molecule has 0 aliphatic rings. The van der Waals surface area contributed by atoms with Crippen LogP contribution in [0.4, 0.5) is 0 Å². The van der Waals surface area contributed by atoms with Gasteiger partial charge < -0.3 is 35.1 Å². The van der Waals surface area contributed by atoms with E-state index >= 15 is 0 Å². The molecule has 0 unspecified atom stereocenters. The van der Waals surface area contributed by atoms with Gasteiger partial charge >= 0.3 is 0 Å². The van der Waals surface area contributed by atoms with E-state index in [2.05, 4.69) is 0 Å². The Kier molecular flexibility index (Phi) is 2.96. The number of phenolic OH excluding ortho intramolecular Hbond substituents is 6. The first-order valence-electron chi connectivity index (χ1n) is 6.26. The maximum atomic E-state index is 12.1. The van der Waals surface area contributed by atoms with Gasteiger partial charge in [-0.2, -0.15) is 0 Å². The lowest BCUT2D eigenvalue weighted by Gasteiger charge is -2.08. The van der Waals surface area contributed by atoms with Crippen molar-refractivity contribution in [2.24, 2.45) is 0 Å². The lowest BCUT2D eigenvalue weighted by molar-refractivity contribution is 0.366. The Balaban J connectivity index is 2.35. The number of hydrogen-bond donors (Lipinski definition) is 6. The molecule has 0 saturated carbocycles. The van der Waals surface area contributed by atoms with Crippen molar-refractivity contribution >= 4 is 11.0 Å². The average molecular weight is 318 g/mol. The van der Waals surface area contributed by atoms with Gasteiger partial charge in [-0.05, 0) is 18.2 Å². The molecule has 1 aromatic heterocycles. The largest absolute Gasteiger partial charge is 0.504 e. The maximum absolute atomic E-state index is 12.1. The number of aromatic hydroxyl groups is 6. The summed E-state index contributed by atoms with van der Waals surface area (Å²) in [7, 11) is 0. The van der Waals surface area contributed by atoms with E-state index in [4.69, 9.17) is 4.42 Å². The van der Waals surface area contributed by atoms with Crippen LogP contribution in [0.5, 0.6) is 34.5 Å². The molecule has 3 aromatic rings. The van der Waals surface area contributed by atoms with Crippen LogP contribution < -0.4 is 5.43 Å². The van der Waals surface area contributed by atoms with Gasteiger partial charge in [0.2, 0.25) is 11.5 Å². The van der Waals surface area contributed by atoms with E-state index in [0.29, 0.717) is 0 Å². The van der Waals surface area contributed by atoms with Crippen molar-refractivity contribution in [2.45, 2.75) is 0 Å². The lowest BCUT2D eigenvalue weighted by atomic mass is 10.1. The SMILES string of the molecule is O=c1cc(-c2cc(O)c(O)c(O)c2)oc2c(O)c(O)c(O)cc12. The summed E-state index contributed by atoms with van der Waals surface area (Å²) < 4.78 is 5.32. The molecule has 0 radical (unpaired) electrons. The standard InChI is InChI=1S/C15H10O8/c16-7-4-11(5-1-8(17)12(20)9(18)2-5)23-15-6(7)3-10(19)13(21)14(15)22/h1-4,17-22H. The first-order chi connectivity index (χ1) is 10.8. The van der Waals surface area contributed by atoms with Crippen LogP contribution in [0.3, 0.4) is 0 Å². The van der Waals surface area contributed by atoms with Crippen LogP contribution in [0, 0.1) is 0 Å². The van der Waals surface area contributed by atoms with Crippen LogP contribution in [0.2, 0.25) is 0 Å². The van der Waals surface area contributed by atoms with Gasteiger partial charge in [0.05, 0.1) is 5.39 Å². The van der Waals surface area contributed by atoms with E-state index in [1.54, 1.807) is 0 Å². The maximum Gasteiger partial charge on any atom is 0.205 e.